The quantitative estimate of drug-likeness (QED) is 0.813. The number of nitrogen functional groups attached to an aromatic ring is 1. The van der Waals surface area contributed by atoms with Gasteiger partial charge in [-0.25, -0.2) is 4.79 Å². The summed E-state index contributed by atoms with van der Waals surface area (Å²) in [6.45, 7) is 0.408. The lowest BCUT2D eigenvalue weighted by Gasteiger charge is -2.11. The fourth-order valence-electron chi connectivity index (χ4n) is 1.59. The van der Waals surface area contributed by atoms with Crippen LogP contribution < -0.4 is 10.5 Å². The molecule has 0 spiro atoms. The first kappa shape index (κ1) is 12.4. The number of carboxylic acid groups (broad SMARTS) is 1. The SMILES string of the molecule is Nc1cccc(C(=O)O)c1OCCc1ccsc1. The number of thiophene rings is 1. The van der Waals surface area contributed by atoms with Crippen molar-refractivity contribution in [1.82, 2.24) is 0 Å². The van der Waals surface area contributed by atoms with E-state index in [2.05, 4.69) is 0 Å². The zero-order chi connectivity index (χ0) is 13.0. The minimum Gasteiger partial charge on any atom is -0.490 e. The molecule has 3 N–H and O–H groups in total. The highest BCUT2D eigenvalue weighted by molar-refractivity contribution is 7.07. The summed E-state index contributed by atoms with van der Waals surface area (Å²) >= 11 is 1.62. The molecule has 1 aromatic carbocycles. The number of hydrogen-bond donors (Lipinski definition) is 2. The highest BCUT2D eigenvalue weighted by Gasteiger charge is 2.13. The smallest absolute Gasteiger partial charge is 0.339 e. The van der Waals surface area contributed by atoms with Gasteiger partial charge in [-0.15, -0.1) is 0 Å². The average Bonchev–Trinajstić information content (AvgIpc) is 2.84. The number of rotatable bonds is 5. The monoisotopic (exact) mass is 263 g/mol. The molecule has 0 amide bonds. The molecular weight excluding hydrogens is 250 g/mol. The summed E-state index contributed by atoms with van der Waals surface area (Å²) < 4.78 is 5.50. The van der Waals surface area contributed by atoms with Crippen LogP contribution in [0.15, 0.2) is 35.0 Å². The minimum atomic E-state index is -1.03. The molecule has 0 saturated heterocycles. The summed E-state index contributed by atoms with van der Waals surface area (Å²) in [5, 5.41) is 13.1. The molecule has 18 heavy (non-hydrogen) atoms. The van der Waals surface area contributed by atoms with Gasteiger partial charge in [-0.1, -0.05) is 6.07 Å². The molecular formula is C13H13NO3S. The van der Waals surface area contributed by atoms with Gasteiger partial charge in [-0.05, 0) is 34.5 Å². The number of benzene rings is 1. The van der Waals surface area contributed by atoms with Crippen LogP contribution in [0.4, 0.5) is 5.69 Å². The van der Waals surface area contributed by atoms with Gasteiger partial charge in [0.05, 0.1) is 12.3 Å². The standard InChI is InChI=1S/C13H13NO3S/c14-11-3-1-2-10(13(15)16)12(11)17-6-4-9-5-7-18-8-9/h1-3,5,7-8H,4,6,14H2,(H,15,16). The van der Waals surface area contributed by atoms with Crippen molar-refractivity contribution in [3.8, 4) is 5.75 Å². The maximum absolute atomic E-state index is 11.0. The van der Waals surface area contributed by atoms with E-state index in [1.165, 1.54) is 11.6 Å². The van der Waals surface area contributed by atoms with E-state index in [0.717, 1.165) is 6.42 Å². The van der Waals surface area contributed by atoms with Crippen LogP contribution in [0.5, 0.6) is 5.75 Å². The predicted octanol–water partition coefficient (Wildman–Crippen LogP) is 2.65. The van der Waals surface area contributed by atoms with Gasteiger partial charge in [0.1, 0.15) is 5.56 Å². The summed E-state index contributed by atoms with van der Waals surface area (Å²) in [5.41, 5.74) is 7.35. The highest BCUT2D eigenvalue weighted by Crippen LogP contribution is 2.26. The Bertz CT molecular complexity index is 537. The maximum atomic E-state index is 11.0. The van der Waals surface area contributed by atoms with E-state index < -0.39 is 5.97 Å². The van der Waals surface area contributed by atoms with Crippen molar-refractivity contribution in [2.24, 2.45) is 0 Å². The summed E-state index contributed by atoms with van der Waals surface area (Å²) in [5.74, 6) is -0.784. The third-order valence-electron chi connectivity index (χ3n) is 2.49. The molecule has 0 aliphatic rings. The first-order valence-corrected chi connectivity index (χ1v) is 6.38. The average molecular weight is 263 g/mol. The Balaban J connectivity index is 2.06. The lowest BCUT2D eigenvalue weighted by atomic mass is 10.1. The fraction of sp³-hybridized carbons (Fsp3) is 0.154. The Kier molecular flexibility index (Phi) is 3.84. The summed E-state index contributed by atoms with van der Waals surface area (Å²) in [4.78, 5) is 11.0. The molecule has 0 atom stereocenters. The number of aromatic carboxylic acids is 1. The highest BCUT2D eigenvalue weighted by atomic mass is 32.1. The molecule has 0 bridgehead atoms. The molecule has 4 nitrogen and oxygen atoms in total. The zero-order valence-corrected chi connectivity index (χ0v) is 10.4. The second-order valence-electron chi connectivity index (χ2n) is 3.76. The van der Waals surface area contributed by atoms with E-state index >= 15 is 0 Å². The molecule has 2 aromatic rings. The molecule has 0 unspecified atom stereocenters. The summed E-state index contributed by atoms with van der Waals surface area (Å²) in [7, 11) is 0. The Morgan fingerprint density at radius 2 is 2.22 bits per heavy atom. The van der Waals surface area contributed by atoms with Gasteiger partial charge >= 0.3 is 5.97 Å². The third kappa shape index (κ3) is 2.81. The Morgan fingerprint density at radius 1 is 1.39 bits per heavy atom. The van der Waals surface area contributed by atoms with Gasteiger partial charge in [0, 0.05) is 6.42 Å². The Labute approximate surface area is 109 Å². The van der Waals surface area contributed by atoms with Crippen LogP contribution in [-0.4, -0.2) is 17.7 Å². The van der Waals surface area contributed by atoms with Crippen molar-refractivity contribution < 1.29 is 14.6 Å². The second kappa shape index (κ2) is 5.55. The topological polar surface area (TPSA) is 72.6 Å². The molecule has 2 rings (SSSR count). The number of ether oxygens (including phenoxy) is 1. The van der Waals surface area contributed by atoms with Gasteiger partial charge < -0.3 is 15.6 Å². The molecule has 0 saturated carbocycles. The number of carbonyl (C=O) groups is 1. The van der Waals surface area contributed by atoms with Crippen LogP contribution in [-0.2, 0) is 6.42 Å². The first-order valence-electron chi connectivity index (χ1n) is 5.44. The van der Waals surface area contributed by atoms with Crippen LogP contribution in [0, 0.1) is 0 Å². The van der Waals surface area contributed by atoms with Crippen LogP contribution in [0.1, 0.15) is 15.9 Å². The molecule has 0 radical (unpaired) electrons. The van der Waals surface area contributed by atoms with Crippen molar-refractivity contribution in [3.05, 3.63) is 46.2 Å². The molecule has 1 heterocycles. The van der Waals surface area contributed by atoms with Gasteiger partial charge in [0.25, 0.3) is 0 Å². The molecule has 1 aromatic heterocycles. The Hall–Kier alpha value is -2.01. The Morgan fingerprint density at radius 3 is 2.89 bits per heavy atom. The molecule has 0 aliphatic carbocycles. The second-order valence-corrected chi connectivity index (χ2v) is 4.54. The fourth-order valence-corrected chi connectivity index (χ4v) is 2.29. The van der Waals surface area contributed by atoms with Crippen molar-refractivity contribution in [2.45, 2.75) is 6.42 Å². The van der Waals surface area contributed by atoms with Crippen molar-refractivity contribution in [3.63, 3.8) is 0 Å². The van der Waals surface area contributed by atoms with E-state index in [1.54, 1.807) is 23.5 Å². The number of hydrogen-bond acceptors (Lipinski definition) is 4. The van der Waals surface area contributed by atoms with Gasteiger partial charge in [-0.2, -0.15) is 11.3 Å². The van der Waals surface area contributed by atoms with E-state index in [1.807, 2.05) is 16.8 Å². The largest absolute Gasteiger partial charge is 0.490 e. The number of anilines is 1. The van der Waals surface area contributed by atoms with E-state index in [0.29, 0.717) is 12.3 Å². The summed E-state index contributed by atoms with van der Waals surface area (Å²) in [6, 6.07) is 6.73. The molecule has 0 aliphatic heterocycles. The molecule has 0 fully saturated rings. The van der Waals surface area contributed by atoms with Crippen molar-refractivity contribution >= 4 is 23.0 Å². The van der Waals surface area contributed by atoms with Crippen molar-refractivity contribution in [2.75, 3.05) is 12.3 Å². The zero-order valence-electron chi connectivity index (χ0n) is 9.63. The van der Waals surface area contributed by atoms with E-state index in [9.17, 15) is 4.79 Å². The van der Waals surface area contributed by atoms with Crippen LogP contribution in [0.3, 0.4) is 0 Å². The number of para-hydroxylation sites is 1. The van der Waals surface area contributed by atoms with E-state index in [4.69, 9.17) is 15.6 Å². The van der Waals surface area contributed by atoms with Crippen LogP contribution in [0.25, 0.3) is 0 Å². The van der Waals surface area contributed by atoms with E-state index in [-0.39, 0.29) is 11.3 Å². The lowest BCUT2D eigenvalue weighted by Crippen LogP contribution is -2.08. The van der Waals surface area contributed by atoms with Gasteiger partial charge in [0.2, 0.25) is 0 Å². The van der Waals surface area contributed by atoms with Crippen LogP contribution >= 0.6 is 11.3 Å². The lowest BCUT2D eigenvalue weighted by molar-refractivity contribution is 0.0692. The molecule has 94 valence electrons. The van der Waals surface area contributed by atoms with Gasteiger partial charge in [0.15, 0.2) is 5.75 Å². The molecule has 5 heteroatoms. The maximum Gasteiger partial charge on any atom is 0.339 e. The third-order valence-corrected chi connectivity index (χ3v) is 3.23. The number of nitrogens with two attached hydrogens (primary N) is 1. The normalized spacial score (nSPS) is 10.2. The summed E-state index contributed by atoms with van der Waals surface area (Å²) in [6.07, 6.45) is 0.733. The first-order chi connectivity index (χ1) is 8.68. The number of carboxylic acids is 1. The van der Waals surface area contributed by atoms with Gasteiger partial charge in [-0.3, -0.25) is 0 Å². The van der Waals surface area contributed by atoms with Crippen LogP contribution in [0.2, 0.25) is 0 Å². The minimum absolute atomic E-state index is 0.0975. The van der Waals surface area contributed by atoms with Crippen molar-refractivity contribution in [1.29, 1.82) is 0 Å². The predicted molar refractivity (Wildman–Crippen MR) is 71.3 cm³/mol.